The molecule has 18 heavy (non-hydrogen) atoms. The van der Waals surface area contributed by atoms with Gasteiger partial charge in [-0.3, -0.25) is 4.79 Å². The van der Waals surface area contributed by atoms with Crippen molar-refractivity contribution in [1.82, 2.24) is 13.9 Å². The minimum atomic E-state index is -3.42. The van der Waals surface area contributed by atoms with Gasteiger partial charge in [-0.15, -0.1) is 0 Å². The van der Waals surface area contributed by atoms with Crippen LogP contribution in [0.5, 0.6) is 0 Å². The third-order valence-corrected chi connectivity index (χ3v) is 4.62. The average molecular weight is 277 g/mol. The molecule has 1 atom stereocenters. The van der Waals surface area contributed by atoms with Crippen LogP contribution in [-0.4, -0.2) is 56.8 Å². The van der Waals surface area contributed by atoms with Crippen molar-refractivity contribution in [2.24, 2.45) is 5.92 Å². The Bertz CT molecular complexity index is 392. The van der Waals surface area contributed by atoms with E-state index in [1.165, 1.54) is 14.1 Å². The molecule has 6 nitrogen and oxygen atoms in total. The van der Waals surface area contributed by atoms with E-state index in [-0.39, 0.29) is 17.9 Å². The summed E-state index contributed by atoms with van der Waals surface area (Å²) in [6.07, 6.45) is 1.61. The first-order valence-electron chi connectivity index (χ1n) is 6.22. The van der Waals surface area contributed by atoms with Crippen LogP contribution in [0.1, 0.15) is 26.7 Å². The number of amides is 1. The average Bonchev–Trinajstić information content (AvgIpc) is 2.27. The lowest BCUT2D eigenvalue weighted by Crippen LogP contribution is -2.52. The zero-order valence-electron chi connectivity index (χ0n) is 11.5. The van der Waals surface area contributed by atoms with Crippen molar-refractivity contribution in [2.45, 2.75) is 32.7 Å². The predicted molar refractivity (Wildman–Crippen MR) is 70.2 cm³/mol. The highest BCUT2D eigenvalue weighted by atomic mass is 32.2. The van der Waals surface area contributed by atoms with Gasteiger partial charge in [0.25, 0.3) is 10.2 Å². The first-order chi connectivity index (χ1) is 8.24. The van der Waals surface area contributed by atoms with Gasteiger partial charge in [0.1, 0.15) is 0 Å². The first-order valence-corrected chi connectivity index (χ1v) is 7.66. The van der Waals surface area contributed by atoms with Gasteiger partial charge in [-0.1, -0.05) is 13.8 Å². The lowest BCUT2D eigenvalue weighted by molar-refractivity contribution is -0.135. The van der Waals surface area contributed by atoms with Gasteiger partial charge < -0.3 is 4.90 Å². The normalized spacial score (nSPS) is 21.7. The van der Waals surface area contributed by atoms with E-state index in [0.29, 0.717) is 6.54 Å². The molecule has 0 aromatic rings. The number of carbonyl (C=O) groups excluding carboxylic acids is 1. The van der Waals surface area contributed by atoms with Crippen LogP contribution in [0.15, 0.2) is 0 Å². The van der Waals surface area contributed by atoms with Crippen molar-refractivity contribution in [3.05, 3.63) is 0 Å². The van der Waals surface area contributed by atoms with Crippen LogP contribution in [0.25, 0.3) is 0 Å². The van der Waals surface area contributed by atoms with E-state index in [4.69, 9.17) is 0 Å². The molecule has 1 aliphatic heterocycles. The van der Waals surface area contributed by atoms with E-state index in [1.807, 2.05) is 13.8 Å². The molecule has 0 saturated carbocycles. The first kappa shape index (κ1) is 15.4. The largest absolute Gasteiger partial charge is 0.341 e. The maximum atomic E-state index is 11.9. The van der Waals surface area contributed by atoms with Crippen LogP contribution < -0.4 is 4.72 Å². The van der Waals surface area contributed by atoms with Gasteiger partial charge in [-0.25, -0.2) is 0 Å². The zero-order valence-corrected chi connectivity index (χ0v) is 12.3. The summed E-state index contributed by atoms with van der Waals surface area (Å²) < 4.78 is 27.2. The van der Waals surface area contributed by atoms with E-state index in [2.05, 4.69) is 4.72 Å². The van der Waals surface area contributed by atoms with Crippen LogP contribution >= 0.6 is 0 Å². The highest BCUT2D eigenvalue weighted by molar-refractivity contribution is 7.87. The van der Waals surface area contributed by atoms with Crippen LogP contribution in [0.4, 0.5) is 0 Å². The summed E-state index contributed by atoms with van der Waals surface area (Å²) in [5.41, 5.74) is 0. The van der Waals surface area contributed by atoms with Gasteiger partial charge in [0.2, 0.25) is 5.91 Å². The highest BCUT2D eigenvalue weighted by Crippen LogP contribution is 2.14. The molecular formula is C11H23N3O3S. The molecule has 1 aliphatic rings. The second-order valence-electron chi connectivity index (χ2n) is 5.18. The summed E-state index contributed by atoms with van der Waals surface area (Å²) in [5, 5.41) is 0. The molecule has 0 unspecified atom stereocenters. The molecule has 0 aromatic carbocycles. The van der Waals surface area contributed by atoms with Crippen molar-refractivity contribution in [1.29, 1.82) is 0 Å². The second kappa shape index (κ2) is 5.99. The summed E-state index contributed by atoms with van der Waals surface area (Å²) in [7, 11) is -0.445. The van der Waals surface area contributed by atoms with Crippen molar-refractivity contribution >= 4 is 16.1 Å². The molecule has 1 rings (SSSR count). The fraction of sp³-hybridized carbons (Fsp3) is 0.909. The summed E-state index contributed by atoms with van der Waals surface area (Å²) in [5.74, 6) is 0.0398. The van der Waals surface area contributed by atoms with Gasteiger partial charge in [0.05, 0.1) is 0 Å². The monoisotopic (exact) mass is 277 g/mol. The van der Waals surface area contributed by atoms with Crippen LogP contribution in [0, 0.1) is 5.92 Å². The molecule has 7 heteroatoms. The smallest absolute Gasteiger partial charge is 0.279 e. The molecule has 0 aromatic heterocycles. The minimum absolute atomic E-state index is 0.0470. The third-order valence-electron chi connectivity index (χ3n) is 3.02. The molecule has 1 saturated heterocycles. The Morgan fingerprint density at radius 1 is 1.39 bits per heavy atom. The van der Waals surface area contributed by atoms with Crippen LogP contribution in [0.3, 0.4) is 0 Å². The fourth-order valence-corrected chi connectivity index (χ4v) is 2.78. The maximum Gasteiger partial charge on any atom is 0.279 e. The fourth-order valence-electron chi connectivity index (χ4n) is 1.95. The molecule has 1 amide bonds. The van der Waals surface area contributed by atoms with Gasteiger partial charge in [0.15, 0.2) is 0 Å². The molecule has 0 aliphatic carbocycles. The standard InChI is InChI=1S/C11H23N3O3S/c1-9(2)11(15)14-7-5-6-10(8-14)12-18(16,17)13(3)4/h9-10,12H,5-8H2,1-4H3/t10-/m0/s1. The van der Waals surface area contributed by atoms with E-state index >= 15 is 0 Å². The maximum absolute atomic E-state index is 11.9. The highest BCUT2D eigenvalue weighted by Gasteiger charge is 2.28. The minimum Gasteiger partial charge on any atom is -0.341 e. The Balaban J connectivity index is 2.63. The third kappa shape index (κ3) is 3.93. The zero-order chi connectivity index (χ0) is 13.9. The summed E-state index contributed by atoms with van der Waals surface area (Å²) in [6.45, 7) is 4.90. The number of rotatable bonds is 4. The van der Waals surface area contributed by atoms with Gasteiger partial charge >= 0.3 is 0 Å². The number of likely N-dealkylation sites (tertiary alicyclic amines) is 1. The number of nitrogens with zero attached hydrogens (tertiary/aromatic N) is 2. The molecular weight excluding hydrogens is 254 g/mol. The van der Waals surface area contributed by atoms with Crippen molar-refractivity contribution in [3.63, 3.8) is 0 Å². The molecule has 0 bridgehead atoms. The Morgan fingerprint density at radius 2 is 2.00 bits per heavy atom. The Hall–Kier alpha value is -0.660. The van der Waals surface area contributed by atoms with Crippen molar-refractivity contribution < 1.29 is 13.2 Å². The van der Waals surface area contributed by atoms with Gasteiger partial charge in [-0.05, 0) is 12.8 Å². The van der Waals surface area contributed by atoms with Crippen molar-refractivity contribution in [3.8, 4) is 0 Å². The van der Waals surface area contributed by atoms with E-state index < -0.39 is 10.2 Å². The van der Waals surface area contributed by atoms with E-state index in [1.54, 1.807) is 4.90 Å². The van der Waals surface area contributed by atoms with E-state index in [0.717, 1.165) is 23.7 Å². The van der Waals surface area contributed by atoms with Crippen molar-refractivity contribution in [2.75, 3.05) is 27.2 Å². The number of nitrogens with one attached hydrogen (secondary N) is 1. The van der Waals surface area contributed by atoms with Crippen LogP contribution in [0.2, 0.25) is 0 Å². The molecule has 106 valence electrons. The predicted octanol–water partition coefficient (Wildman–Crippen LogP) is 0.0294. The number of hydrogen-bond acceptors (Lipinski definition) is 3. The Morgan fingerprint density at radius 3 is 2.50 bits per heavy atom. The lowest BCUT2D eigenvalue weighted by atomic mass is 10.0. The molecule has 1 N–H and O–H groups in total. The van der Waals surface area contributed by atoms with E-state index in [9.17, 15) is 13.2 Å². The second-order valence-corrected chi connectivity index (χ2v) is 7.10. The van der Waals surface area contributed by atoms with Gasteiger partial charge in [-0.2, -0.15) is 17.4 Å². The summed E-state index contributed by atoms with van der Waals surface area (Å²) >= 11 is 0. The Kier molecular flexibility index (Phi) is 5.12. The number of hydrogen-bond donors (Lipinski definition) is 1. The SMILES string of the molecule is CC(C)C(=O)N1CCC[C@H](NS(=O)(=O)N(C)C)C1. The summed E-state index contributed by atoms with van der Waals surface area (Å²) in [6, 6.07) is -0.186. The summed E-state index contributed by atoms with van der Waals surface area (Å²) in [4.78, 5) is 13.6. The lowest BCUT2D eigenvalue weighted by Gasteiger charge is -2.34. The number of carbonyl (C=O) groups is 1. The van der Waals surface area contributed by atoms with Crippen LogP contribution in [-0.2, 0) is 15.0 Å². The number of piperidine rings is 1. The molecule has 0 spiro atoms. The molecule has 1 fully saturated rings. The molecule has 0 radical (unpaired) electrons. The Labute approximate surface area is 110 Å². The topological polar surface area (TPSA) is 69.7 Å². The molecule has 1 heterocycles. The van der Waals surface area contributed by atoms with Gasteiger partial charge in [0, 0.05) is 39.1 Å². The quantitative estimate of drug-likeness (QED) is 0.788.